The number of aryl methyl sites for hydroxylation is 1. The summed E-state index contributed by atoms with van der Waals surface area (Å²) in [5.41, 5.74) is 7.73. The smallest absolute Gasteiger partial charge is 0.126 e. The second-order valence-electron chi connectivity index (χ2n) is 5.74. The first kappa shape index (κ1) is 15.4. The van der Waals surface area contributed by atoms with Crippen molar-refractivity contribution in [3.63, 3.8) is 0 Å². The van der Waals surface area contributed by atoms with Crippen molar-refractivity contribution in [3.05, 3.63) is 35.1 Å². The summed E-state index contributed by atoms with van der Waals surface area (Å²) in [5, 5.41) is 0. The molecule has 0 aliphatic carbocycles. The molecule has 1 heterocycles. The van der Waals surface area contributed by atoms with Gasteiger partial charge in [0.2, 0.25) is 0 Å². The van der Waals surface area contributed by atoms with E-state index in [4.69, 9.17) is 10.5 Å². The van der Waals surface area contributed by atoms with Gasteiger partial charge in [-0.15, -0.1) is 0 Å². The Morgan fingerprint density at radius 2 is 2.30 bits per heavy atom. The topological polar surface area (TPSA) is 38.5 Å². The zero-order chi connectivity index (χ0) is 14.5. The van der Waals surface area contributed by atoms with E-state index >= 15 is 0 Å². The second kappa shape index (κ2) is 7.16. The van der Waals surface area contributed by atoms with E-state index in [0.717, 1.165) is 44.6 Å². The number of nitrogens with zero attached hydrogens (tertiary/aromatic N) is 1. The lowest BCUT2D eigenvalue weighted by molar-refractivity contribution is 0.0674. The Morgan fingerprint density at radius 3 is 3.05 bits per heavy atom. The second-order valence-corrected chi connectivity index (χ2v) is 5.74. The fourth-order valence-corrected chi connectivity index (χ4v) is 2.61. The Bertz CT molecular complexity index is 438. The number of ether oxygens (including phenoxy) is 1. The Balaban J connectivity index is 1.87. The summed E-state index contributed by atoms with van der Waals surface area (Å²) in [6, 6.07) is 5.18. The highest BCUT2D eigenvalue weighted by atomic mass is 19.1. The van der Waals surface area contributed by atoms with Crippen LogP contribution in [0.2, 0.25) is 0 Å². The van der Waals surface area contributed by atoms with Crippen molar-refractivity contribution in [2.75, 3.05) is 26.2 Å². The number of benzene rings is 1. The Labute approximate surface area is 120 Å². The van der Waals surface area contributed by atoms with Gasteiger partial charge in [0.15, 0.2) is 0 Å². The molecule has 0 radical (unpaired) electrons. The fourth-order valence-electron chi connectivity index (χ4n) is 2.61. The summed E-state index contributed by atoms with van der Waals surface area (Å²) in [7, 11) is 0. The Morgan fingerprint density at radius 1 is 1.50 bits per heavy atom. The number of halogens is 1. The molecule has 20 heavy (non-hydrogen) atoms. The van der Waals surface area contributed by atoms with Crippen molar-refractivity contribution in [3.8, 4) is 0 Å². The third kappa shape index (κ3) is 4.27. The summed E-state index contributed by atoms with van der Waals surface area (Å²) < 4.78 is 19.2. The molecular formula is C16H25FN2O. The summed E-state index contributed by atoms with van der Waals surface area (Å²) in [5.74, 6) is -0.172. The van der Waals surface area contributed by atoms with E-state index < -0.39 is 0 Å². The highest BCUT2D eigenvalue weighted by molar-refractivity contribution is 5.25. The monoisotopic (exact) mass is 280 g/mol. The zero-order valence-corrected chi connectivity index (χ0v) is 12.4. The fraction of sp³-hybridized carbons (Fsp3) is 0.625. The quantitative estimate of drug-likeness (QED) is 0.921. The van der Waals surface area contributed by atoms with Crippen molar-refractivity contribution < 1.29 is 9.13 Å². The highest BCUT2D eigenvalue weighted by Gasteiger charge is 2.16. The van der Waals surface area contributed by atoms with Gasteiger partial charge >= 0.3 is 0 Å². The lowest BCUT2D eigenvalue weighted by Crippen LogP contribution is -2.32. The molecule has 1 fully saturated rings. The molecule has 1 aliphatic heterocycles. The first-order valence-electron chi connectivity index (χ1n) is 7.42. The lowest BCUT2D eigenvalue weighted by Gasteiger charge is -2.23. The van der Waals surface area contributed by atoms with Gasteiger partial charge in [-0.1, -0.05) is 12.1 Å². The summed E-state index contributed by atoms with van der Waals surface area (Å²) in [4.78, 5) is 2.39. The van der Waals surface area contributed by atoms with Gasteiger partial charge in [0.25, 0.3) is 0 Å². The predicted octanol–water partition coefficient (Wildman–Crippen LogP) is 2.63. The molecule has 0 spiro atoms. The van der Waals surface area contributed by atoms with Gasteiger partial charge < -0.3 is 15.4 Å². The van der Waals surface area contributed by atoms with Gasteiger partial charge in [-0.3, -0.25) is 0 Å². The standard InChI is InChI=1S/C16H25FN2O/c1-12-4-5-14(10-15(12)17)16(18)6-8-19-7-3-9-20-13(2)11-19/h4-5,10,13,16H,3,6-9,11,18H2,1-2H3. The summed E-state index contributed by atoms with van der Waals surface area (Å²) in [6.07, 6.45) is 2.19. The van der Waals surface area contributed by atoms with Gasteiger partial charge in [0.05, 0.1) is 6.10 Å². The third-order valence-electron chi connectivity index (χ3n) is 3.92. The van der Waals surface area contributed by atoms with Crippen LogP contribution >= 0.6 is 0 Å². The van der Waals surface area contributed by atoms with Crippen LogP contribution in [-0.2, 0) is 4.74 Å². The van der Waals surface area contributed by atoms with Crippen molar-refractivity contribution in [1.29, 1.82) is 0 Å². The normalized spacial score (nSPS) is 22.5. The van der Waals surface area contributed by atoms with Crippen LogP contribution in [0, 0.1) is 12.7 Å². The first-order valence-corrected chi connectivity index (χ1v) is 7.42. The predicted molar refractivity (Wildman–Crippen MR) is 79.2 cm³/mol. The molecule has 0 amide bonds. The van der Waals surface area contributed by atoms with Gasteiger partial charge in [-0.05, 0) is 43.9 Å². The van der Waals surface area contributed by atoms with E-state index in [1.807, 2.05) is 6.07 Å². The molecule has 1 aromatic carbocycles. The van der Waals surface area contributed by atoms with Crippen LogP contribution in [-0.4, -0.2) is 37.2 Å². The van der Waals surface area contributed by atoms with Crippen molar-refractivity contribution in [2.24, 2.45) is 5.73 Å². The minimum Gasteiger partial charge on any atom is -0.377 e. The average Bonchev–Trinajstić information content (AvgIpc) is 2.63. The molecule has 1 aromatic rings. The van der Waals surface area contributed by atoms with Gasteiger partial charge in [0.1, 0.15) is 5.82 Å². The molecule has 1 aliphatic rings. The molecule has 1 saturated heterocycles. The zero-order valence-electron chi connectivity index (χ0n) is 12.4. The average molecular weight is 280 g/mol. The van der Waals surface area contributed by atoms with Crippen LogP contribution in [0.4, 0.5) is 4.39 Å². The molecule has 3 nitrogen and oxygen atoms in total. The summed E-state index contributed by atoms with van der Waals surface area (Å²) in [6.45, 7) is 7.66. The largest absolute Gasteiger partial charge is 0.377 e. The van der Waals surface area contributed by atoms with Crippen LogP contribution in [0.15, 0.2) is 18.2 Å². The molecule has 2 unspecified atom stereocenters. The number of hydrogen-bond donors (Lipinski definition) is 1. The first-order chi connectivity index (χ1) is 9.56. The molecule has 0 saturated carbocycles. The van der Waals surface area contributed by atoms with Crippen LogP contribution in [0.1, 0.15) is 36.9 Å². The molecule has 2 rings (SSSR count). The molecule has 2 atom stereocenters. The molecule has 0 aromatic heterocycles. The minimum atomic E-state index is -0.172. The van der Waals surface area contributed by atoms with E-state index in [-0.39, 0.29) is 18.0 Å². The molecule has 2 N–H and O–H groups in total. The summed E-state index contributed by atoms with van der Waals surface area (Å²) >= 11 is 0. The van der Waals surface area contributed by atoms with Crippen LogP contribution < -0.4 is 5.73 Å². The van der Waals surface area contributed by atoms with Gasteiger partial charge in [-0.25, -0.2) is 4.39 Å². The number of nitrogens with two attached hydrogens (primary N) is 1. The van der Waals surface area contributed by atoms with E-state index in [9.17, 15) is 4.39 Å². The van der Waals surface area contributed by atoms with Crippen LogP contribution in [0.3, 0.4) is 0 Å². The maximum Gasteiger partial charge on any atom is 0.126 e. The third-order valence-corrected chi connectivity index (χ3v) is 3.92. The van der Waals surface area contributed by atoms with E-state index in [1.54, 1.807) is 19.1 Å². The SMILES string of the molecule is Cc1ccc(C(N)CCN2CCCOC(C)C2)cc1F. The van der Waals surface area contributed by atoms with Crippen molar-refractivity contribution in [1.82, 2.24) is 4.90 Å². The van der Waals surface area contributed by atoms with Crippen LogP contribution in [0.5, 0.6) is 0 Å². The molecular weight excluding hydrogens is 255 g/mol. The Hall–Kier alpha value is -0.970. The van der Waals surface area contributed by atoms with Gasteiger partial charge in [-0.2, -0.15) is 0 Å². The van der Waals surface area contributed by atoms with Gasteiger partial charge in [0, 0.05) is 32.3 Å². The van der Waals surface area contributed by atoms with Crippen LogP contribution in [0.25, 0.3) is 0 Å². The molecule has 112 valence electrons. The maximum absolute atomic E-state index is 13.6. The molecule has 0 bridgehead atoms. The number of hydrogen-bond acceptors (Lipinski definition) is 3. The number of rotatable bonds is 4. The molecule has 4 heteroatoms. The van der Waals surface area contributed by atoms with E-state index in [1.165, 1.54) is 0 Å². The van der Waals surface area contributed by atoms with E-state index in [0.29, 0.717) is 5.56 Å². The maximum atomic E-state index is 13.6. The highest BCUT2D eigenvalue weighted by Crippen LogP contribution is 2.18. The lowest BCUT2D eigenvalue weighted by atomic mass is 10.0. The minimum absolute atomic E-state index is 0.107. The van der Waals surface area contributed by atoms with E-state index in [2.05, 4.69) is 11.8 Å². The van der Waals surface area contributed by atoms with Crippen molar-refractivity contribution >= 4 is 0 Å². The Kier molecular flexibility index (Phi) is 5.52. The van der Waals surface area contributed by atoms with Crippen molar-refractivity contribution in [2.45, 2.75) is 38.8 Å².